The summed E-state index contributed by atoms with van der Waals surface area (Å²) < 4.78 is 26.4. The smallest absolute Gasteiger partial charge is 0.277 e. The second-order valence-electron chi connectivity index (χ2n) is 5.43. The summed E-state index contributed by atoms with van der Waals surface area (Å²) in [7, 11) is 0. The summed E-state index contributed by atoms with van der Waals surface area (Å²) in [6.07, 6.45) is 0. The van der Waals surface area contributed by atoms with Crippen LogP contribution in [-0.2, 0) is 6.54 Å². The number of benzene rings is 2. The summed E-state index contributed by atoms with van der Waals surface area (Å²) >= 11 is 5.80. The van der Waals surface area contributed by atoms with Crippen molar-refractivity contribution in [3.63, 3.8) is 0 Å². The molecule has 1 aromatic heterocycles. The highest BCUT2D eigenvalue weighted by molar-refractivity contribution is 6.30. The van der Waals surface area contributed by atoms with Crippen LogP contribution < -0.4 is 10.9 Å². The lowest BCUT2D eigenvalue weighted by Gasteiger charge is -2.07. The van der Waals surface area contributed by atoms with Crippen LogP contribution in [0.4, 0.5) is 8.78 Å². The van der Waals surface area contributed by atoms with Gasteiger partial charge in [0.05, 0.1) is 5.69 Å². The zero-order chi connectivity index (χ0) is 18.7. The number of H-pyrrole nitrogens is 1. The summed E-state index contributed by atoms with van der Waals surface area (Å²) in [5, 5.41) is 9.14. The Labute approximate surface area is 151 Å². The van der Waals surface area contributed by atoms with Crippen molar-refractivity contribution in [1.29, 1.82) is 0 Å². The zero-order valence-electron chi connectivity index (χ0n) is 13.2. The molecule has 8 heteroatoms. The molecule has 0 fully saturated rings. The Morgan fingerprint density at radius 3 is 2.50 bits per heavy atom. The van der Waals surface area contributed by atoms with Gasteiger partial charge in [0.25, 0.3) is 11.5 Å². The maximum Gasteiger partial charge on any atom is 0.277 e. The van der Waals surface area contributed by atoms with Crippen molar-refractivity contribution in [3.05, 3.63) is 86.7 Å². The topological polar surface area (TPSA) is 74.8 Å². The van der Waals surface area contributed by atoms with Crippen LogP contribution in [0.15, 0.2) is 53.3 Å². The van der Waals surface area contributed by atoms with Crippen LogP contribution in [0.3, 0.4) is 0 Å². The summed E-state index contributed by atoms with van der Waals surface area (Å²) in [5.41, 5.74) is 0.291. The minimum absolute atomic E-state index is 0.139. The lowest BCUT2D eigenvalue weighted by atomic mass is 10.1. The molecular weight excluding hydrogens is 364 g/mol. The normalized spacial score (nSPS) is 10.6. The van der Waals surface area contributed by atoms with Crippen molar-refractivity contribution < 1.29 is 13.6 Å². The molecule has 2 aromatic carbocycles. The third-order valence-corrected chi connectivity index (χ3v) is 3.88. The van der Waals surface area contributed by atoms with E-state index in [1.54, 1.807) is 24.3 Å². The van der Waals surface area contributed by atoms with Crippen molar-refractivity contribution in [3.8, 4) is 11.3 Å². The van der Waals surface area contributed by atoms with Gasteiger partial charge in [0.15, 0.2) is 11.6 Å². The van der Waals surface area contributed by atoms with E-state index in [-0.39, 0.29) is 23.4 Å². The molecule has 3 aromatic rings. The highest BCUT2D eigenvalue weighted by atomic mass is 35.5. The third-order valence-electron chi connectivity index (χ3n) is 3.63. The number of halogens is 3. The number of carbonyl (C=O) groups excluding carboxylic acids is 1. The second kappa shape index (κ2) is 7.45. The van der Waals surface area contributed by atoms with E-state index in [2.05, 4.69) is 15.5 Å². The van der Waals surface area contributed by atoms with E-state index in [1.807, 2.05) is 0 Å². The molecule has 0 bridgehead atoms. The molecule has 0 aliphatic heterocycles. The predicted octanol–water partition coefficient (Wildman–Crippen LogP) is 3.30. The van der Waals surface area contributed by atoms with Crippen LogP contribution in [0.25, 0.3) is 11.3 Å². The highest BCUT2D eigenvalue weighted by Gasteiger charge is 2.14. The van der Waals surface area contributed by atoms with Gasteiger partial charge in [-0.2, -0.15) is 5.10 Å². The highest BCUT2D eigenvalue weighted by Crippen LogP contribution is 2.19. The molecule has 0 aliphatic carbocycles. The first kappa shape index (κ1) is 17.8. The van der Waals surface area contributed by atoms with Gasteiger partial charge in [-0.05, 0) is 42.0 Å². The van der Waals surface area contributed by atoms with Gasteiger partial charge in [-0.1, -0.05) is 23.7 Å². The van der Waals surface area contributed by atoms with Gasteiger partial charge in [0.1, 0.15) is 5.56 Å². The molecule has 0 radical (unpaired) electrons. The molecule has 0 spiro atoms. The summed E-state index contributed by atoms with van der Waals surface area (Å²) in [6.45, 7) is 0.193. The fourth-order valence-electron chi connectivity index (χ4n) is 2.26. The quantitative estimate of drug-likeness (QED) is 0.734. The first-order valence-corrected chi connectivity index (χ1v) is 7.89. The van der Waals surface area contributed by atoms with Crippen molar-refractivity contribution in [2.24, 2.45) is 0 Å². The van der Waals surface area contributed by atoms with Gasteiger partial charge in [-0.3, -0.25) is 9.59 Å². The number of aromatic nitrogens is 2. The lowest BCUT2D eigenvalue weighted by Crippen LogP contribution is -2.29. The van der Waals surface area contributed by atoms with Crippen molar-refractivity contribution >= 4 is 17.5 Å². The van der Waals surface area contributed by atoms with Gasteiger partial charge in [-0.25, -0.2) is 13.9 Å². The van der Waals surface area contributed by atoms with Crippen molar-refractivity contribution in [1.82, 2.24) is 15.5 Å². The second-order valence-corrected chi connectivity index (χ2v) is 5.87. The maximum atomic E-state index is 13.4. The fraction of sp³-hybridized carbons (Fsp3) is 0.0556. The molecule has 1 amide bonds. The van der Waals surface area contributed by atoms with E-state index in [9.17, 15) is 18.4 Å². The maximum absolute atomic E-state index is 13.4. The minimum Gasteiger partial charge on any atom is -0.348 e. The molecule has 26 heavy (non-hydrogen) atoms. The molecule has 132 valence electrons. The SMILES string of the molecule is O=C(NCc1ccc(Cl)cc1)c1cc(-c2ccc(F)c(F)c2)n[nH]c1=O. The molecular formula is C18H12ClF2N3O2. The molecule has 0 saturated heterocycles. The van der Waals surface area contributed by atoms with Crippen molar-refractivity contribution in [2.75, 3.05) is 0 Å². The van der Waals surface area contributed by atoms with Gasteiger partial charge in [0.2, 0.25) is 0 Å². The van der Waals surface area contributed by atoms with Gasteiger partial charge >= 0.3 is 0 Å². The molecule has 0 atom stereocenters. The summed E-state index contributed by atoms with van der Waals surface area (Å²) in [5.74, 6) is -2.67. The number of nitrogens with zero attached hydrogens (tertiary/aromatic N) is 1. The fourth-order valence-corrected chi connectivity index (χ4v) is 2.38. The molecule has 5 nitrogen and oxygen atoms in total. The van der Waals surface area contributed by atoms with Crippen molar-refractivity contribution in [2.45, 2.75) is 6.54 Å². The van der Waals surface area contributed by atoms with Crippen LogP contribution in [0.1, 0.15) is 15.9 Å². The number of hydrogen-bond donors (Lipinski definition) is 2. The molecule has 3 rings (SSSR count). The third kappa shape index (κ3) is 3.94. The molecule has 0 unspecified atom stereocenters. The summed E-state index contributed by atoms with van der Waals surface area (Å²) in [6, 6.07) is 11.3. The molecule has 0 saturated carbocycles. The van der Waals surface area contributed by atoms with Gasteiger partial charge in [-0.15, -0.1) is 0 Å². The molecule has 2 N–H and O–H groups in total. The van der Waals surface area contributed by atoms with E-state index in [0.29, 0.717) is 5.02 Å². The van der Waals surface area contributed by atoms with Gasteiger partial charge in [0, 0.05) is 17.1 Å². The van der Waals surface area contributed by atoms with Crippen LogP contribution >= 0.6 is 11.6 Å². The number of carbonyl (C=O) groups is 1. The standard InChI is InChI=1S/C18H12ClF2N3O2/c19-12-4-1-10(2-5-12)9-22-17(25)13-8-16(23-24-18(13)26)11-3-6-14(20)15(21)7-11/h1-8H,9H2,(H,22,25)(H,24,26). The average molecular weight is 376 g/mol. The van der Waals surface area contributed by atoms with E-state index >= 15 is 0 Å². The van der Waals surface area contributed by atoms with Crippen LogP contribution in [0.2, 0.25) is 5.02 Å². The minimum atomic E-state index is -1.05. The number of rotatable bonds is 4. The number of hydrogen-bond acceptors (Lipinski definition) is 3. The predicted molar refractivity (Wildman–Crippen MR) is 92.8 cm³/mol. The number of aromatic amines is 1. The van der Waals surface area contributed by atoms with E-state index in [1.165, 1.54) is 12.1 Å². The van der Waals surface area contributed by atoms with E-state index in [4.69, 9.17) is 11.6 Å². The Morgan fingerprint density at radius 2 is 1.81 bits per heavy atom. The zero-order valence-corrected chi connectivity index (χ0v) is 14.0. The average Bonchev–Trinajstić information content (AvgIpc) is 2.64. The Kier molecular flexibility index (Phi) is 5.09. The Morgan fingerprint density at radius 1 is 1.08 bits per heavy atom. The van der Waals surface area contributed by atoms with Crippen LogP contribution in [0.5, 0.6) is 0 Å². The molecule has 1 heterocycles. The van der Waals surface area contributed by atoms with E-state index < -0.39 is 23.1 Å². The lowest BCUT2D eigenvalue weighted by molar-refractivity contribution is 0.0949. The summed E-state index contributed by atoms with van der Waals surface area (Å²) in [4.78, 5) is 24.2. The Hall–Kier alpha value is -3.06. The molecule has 0 aliphatic rings. The Bertz CT molecular complexity index is 1020. The van der Waals surface area contributed by atoms with Crippen LogP contribution in [-0.4, -0.2) is 16.1 Å². The Balaban J connectivity index is 1.82. The monoisotopic (exact) mass is 375 g/mol. The van der Waals surface area contributed by atoms with E-state index in [0.717, 1.165) is 17.7 Å². The first-order valence-electron chi connectivity index (χ1n) is 7.52. The number of amides is 1. The first-order chi connectivity index (χ1) is 12.4. The van der Waals surface area contributed by atoms with Crippen LogP contribution in [0, 0.1) is 11.6 Å². The largest absolute Gasteiger partial charge is 0.348 e. The number of nitrogens with one attached hydrogen (secondary N) is 2. The van der Waals surface area contributed by atoms with Gasteiger partial charge < -0.3 is 5.32 Å².